The molecule has 0 radical (unpaired) electrons. The van der Waals surface area contributed by atoms with Gasteiger partial charge < -0.3 is 35.4 Å². The molecule has 4 N–H and O–H groups in total. The van der Waals surface area contributed by atoms with Gasteiger partial charge in [0.25, 0.3) is 11.8 Å². The number of aromatic nitrogens is 1. The molecule has 4 aromatic rings. The van der Waals surface area contributed by atoms with Crippen LogP contribution in [-0.4, -0.2) is 102 Å². The number of hydrogen-bond donors (Lipinski definition) is 3. The number of fused-ring (bicyclic) bond motifs is 3. The first kappa shape index (κ1) is 48.4. The Labute approximate surface area is 401 Å². The number of nitrogens with two attached hydrogens (primary N) is 1. The summed E-state index contributed by atoms with van der Waals surface area (Å²) in [6.07, 6.45) is -8.86. The average molecular weight is 999 g/mol. The van der Waals surface area contributed by atoms with E-state index in [9.17, 15) is 50.3 Å². The third-order valence-corrected chi connectivity index (χ3v) is 14.2. The molecule has 1 aromatic heterocycles. The molecule has 5 atom stereocenters. The minimum atomic E-state index is -5.35. The number of carbonyl (C=O) groups is 5. The van der Waals surface area contributed by atoms with E-state index in [0.29, 0.717) is 24.2 Å². The number of benzene rings is 3. The number of alkyl halides is 6. The van der Waals surface area contributed by atoms with Gasteiger partial charge >= 0.3 is 12.5 Å². The highest BCUT2D eigenvalue weighted by molar-refractivity contribution is 6.30. The molecule has 1 unspecified atom stereocenters. The summed E-state index contributed by atoms with van der Waals surface area (Å²) in [5.41, 5.74) is 3.89. The van der Waals surface area contributed by atoms with Crippen LogP contribution in [0, 0.1) is 11.2 Å². The molecule has 14 nitrogen and oxygen atoms in total. The van der Waals surface area contributed by atoms with Gasteiger partial charge in [0.2, 0.25) is 17.7 Å². The standard InChI is InChI=1S/C48H46ClF7N8O6/c1-45(2,3)20-36-46(23-59-31-19-35(47(51,52)53)58-21-29(31)46)38(28-5-4-6-30(49)39(28)50)40(41(57)66)64(36)32-10-7-24(18-34(32)70-48(54,55)56)43(68)62-15-13-61(14-16-62)26-8-9-27-25(17-26)22-63(44(27)69)33-11-12-37(65)60-42(33)67/h4-10,17-19,21,33,36,38,40,59H,11-16,20,22-23H2,1-3H3,(H2,57,66)(H,60,65,67)/t33?,36-,38-,40+,46-/m0/s1. The largest absolute Gasteiger partial charge is 0.573 e. The number of rotatable bonds is 8. The van der Waals surface area contributed by atoms with Gasteiger partial charge in [0, 0.05) is 97.3 Å². The lowest BCUT2D eigenvalue weighted by Crippen LogP contribution is -2.52. The molecular weight excluding hydrogens is 953 g/mol. The molecule has 0 aliphatic carbocycles. The SMILES string of the molecule is CC(C)(C)C[C@@H]1N(c2ccc(C(=O)N3CCN(c4ccc5c(c4)CN(C4CCC(=O)NC4=O)C5=O)CC3)cc2OC(F)(F)F)[C@@H](C(N)=O)[C@H](c2cccc(Cl)c2F)[C@]12CNc1cc(C(F)(F)F)ncc12. The van der Waals surface area contributed by atoms with E-state index in [0.717, 1.165) is 24.0 Å². The van der Waals surface area contributed by atoms with Crippen molar-refractivity contribution in [3.05, 3.63) is 111 Å². The van der Waals surface area contributed by atoms with Gasteiger partial charge in [-0.1, -0.05) is 44.5 Å². The Kier molecular flexibility index (Phi) is 12.0. The van der Waals surface area contributed by atoms with Crippen molar-refractivity contribution in [2.24, 2.45) is 11.1 Å². The molecule has 22 heteroatoms. The van der Waals surface area contributed by atoms with Crippen LogP contribution in [0.4, 0.5) is 47.8 Å². The van der Waals surface area contributed by atoms with E-state index in [2.05, 4.69) is 20.4 Å². The van der Waals surface area contributed by atoms with Gasteiger partial charge in [-0.25, -0.2) is 4.39 Å². The summed E-state index contributed by atoms with van der Waals surface area (Å²) in [5, 5.41) is 4.93. The predicted octanol–water partition coefficient (Wildman–Crippen LogP) is 7.14. The van der Waals surface area contributed by atoms with Gasteiger partial charge in [-0.05, 0) is 77.9 Å². The number of piperazine rings is 1. The van der Waals surface area contributed by atoms with Crippen LogP contribution in [0.2, 0.25) is 5.02 Å². The van der Waals surface area contributed by atoms with Gasteiger partial charge in [0.1, 0.15) is 23.6 Å². The number of ether oxygens (including phenoxy) is 1. The second-order valence-electron chi connectivity index (χ2n) is 19.4. The van der Waals surface area contributed by atoms with Crippen LogP contribution < -0.4 is 30.9 Å². The zero-order valence-corrected chi connectivity index (χ0v) is 38.6. The Balaban J connectivity index is 1.06. The van der Waals surface area contributed by atoms with E-state index in [-0.39, 0.29) is 84.4 Å². The summed E-state index contributed by atoms with van der Waals surface area (Å²) in [7, 11) is 0. The van der Waals surface area contributed by atoms with Gasteiger partial charge in [-0.15, -0.1) is 13.2 Å². The van der Waals surface area contributed by atoms with Crippen molar-refractivity contribution >= 4 is 58.2 Å². The van der Waals surface area contributed by atoms with E-state index in [1.807, 2.05) is 31.7 Å². The quantitative estimate of drug-likeness (QED) is 0.122. The van der Waals surface area contributed by atoms with Crippen molar-refractivity contribution in [1.82, 2.24) is 20.1 Å². The summed E-state index contributed by atoms with van der Waals surface area (Å²) in [6.45, 7) is 6.22. The molecule has 3 aromatic carbocycles. The number of primary amides is 1. The van der Waals surface area contributed by atoms with Crippen molar-refractivity contribution in [3.63, 3.8) is 0 Å². The highest BCUT2D eigenvalue weighted by Crippen LogP contribution is 2.61. The second kappa shape index (κ2) is 17.3. The lowest BCUT2D eigenvalue weighted by Gasteiger charge is -2.42. The molecule has 6 heterocycles. The van der Waals surface area contributed by atoms with Crippen LogP contribution in [0.1, 0.15) is 89.1 Å². The number of hydrogen-bond acceptors (Lipinski definition) is 10. The van der Waals surface area contributed by atoms with Crippen LogP contribution in [-0.2, 0) is 32.5 Å². The number of piperidine rings is 1. The van der Waals surface area contributed by atoms with Gasteiger partial charge in [-0.3, -0.25) is 34.3 Å². The van der Waals surface area contributed by atoms with E-state index in [1.165, 1.54) is 45.0 Å². The zero-order chi connectivity index (χ0) is 50.4. The average Bonchev–Trinajstić information content (AvgIpc) is 3.92. The van der Waals surface area contributed by atoms with E-state index in [1.54, 1.807) is 12.1 Å². The minimum absolute atomic E-state index is 0.0331. The second-order valence-corrected chi connectivity index (χ2v) is 19.8. The smallest absolute Gasteiger partial charge is 0.404 e. The van der Waals surface area contributed by atoms with E-state index < -0.39 is 88.3 Å². The molecule has 0 saturated carbocycles. The molecule has 3 fully saturated rings. The maximum absolute atomic E-state index is 16.5. The maximum Gasteiger partial charge on any atom is 0.573 e. The number of amides is 5. The highest BCUT2D eigenvalue weighted by Gasteiger charge is 2.66. The lowest BCUT2D eigenvalue weighted by molar-refractivity contribution is -0.274. The fourth-order valence-corrected chi connectivity index (χ4v) is 11.2. The maximum atomic E-state index is 16.5. The fraction of sp³-hybridized carbons (Fsp3) is 0.417. The minimum Gasteiger partial charge on any atom is -0.404 e. The number of nitrogens with zero attached hydrogens (tertiary/aromatic N) is 5. The van der Waals surface area contributed by atoms with Crippen molar-refractivity contribution in [1.29, 1.82) is 0 Å². The zero-order valence-electron chi connectivity index (χ0n) is 37.8. The third-order valence-electron chi connectivity index (χ3n) is 13.9. The number of nitrogens with one attached hydrogen (secondary N) is 2. The molecule has 5 aliphatic rings. The Morgan fingerprint density at radius 3 is 2.34 bits per heavy atom. The monoisotopic (exact) mass is 998 g/mol. The van der Waals surface area contributed by atoms with Crippen molar-refractivity contribution in [2.75, 3.05) is 47.8 Å². The van der Waals surface area contributed by atoms with Crippen LogP contribution in [0.5, 0.6) is 5.75 Å². The van der Waals surface area contributed by atoms with Crippen molar-refractivity contribution in [2.45, 2.75) is 88.6 Å². The lowest BCUT2D eigenvalue weighted by atomic mass is 9.63. The Hall–Kier alpha value is -6.64. The number of carbonyl (C=O) groups excluding carboxylic acids is 5. The molecular formula is C48H46ClF7N8O6. The van der Waals surface area contributed by atoms with Crippen molar-refractivity contribution in [3.8, 4) is 5.75 Å². The summed E-state index contributed by atoms with van der Waals surface area (Å²) in [6, 6.07) is 9.82. The molecule has 0 bridgehead atoms. The Morgan fingerprint density at radius 1 is 0.957 bits per heavy atom. The Bertz CT molecular complexity index is 2830. The topological polar surface area (TPSA) is 171 Å². The van der Waals surface area contributed by atoms with Crippen LogP contribution in [0.15, 0.2) is 66.9 Å². The number of anilines is 3. The number of pyridine rings is 1. The van der Waals surface area contributed by atoms with Crippen LogP contribution in [0.25, 0.3) is 0 Å². The Morgan fingerprint density at radius 2 is 1.69 bits per heavy atom. The summed E-state index contributed by atoms with van der Waals surface area (Å²) < 4.78 is 107. The first-order valence-electron chi connectivity index (χ1n) is 22.4. The number of imide groups is 1. The van der Waals surface area contributed by atoms with Crippen LogP contribution in [0.3, 0.4) is 0 Å². The van der Waals surface area contributed by atoms with Crippen LogP contribution >= 0.6 is 11.6 Å². The third kappa shape index (κ3) is 8.59. The van der Waals surface area contributed by atoms with Crippen molar-refractivity contribution < 1.29 is 59.4 Å². The van der Waals surface area contributed by atoms with Gasteiger partial charge in [0.15, 0.2) is 5.75 Å². The van der Waals surface area contributed by atoms with Gasteiger partial charge in [0.05, 0.1) is 10.7 Å². The molecule has 5 aliphatic heterocycles. The molecule has 3 saturated heterocycles. The first-order valence-corrected chi connectivity index (χ1v) is 22.8. The fourth-order valence-electron chi connectivity index (χ4n) is 11.0. The molecule has 5 amide bonds. The summed E-state index contributed by atoms with van der Waals surface area (Å²) >= 11 is 6.32. The molecule has 70 heavy (non-hydrogen) atoms. The van der Waals surface area contributed by atoms with E-state index >= 15 is 4.39 Å². The predicted molar refractivity (Wildman–Crippen MR) is 241 cm³/mol. The summed E-state index contributed by atoms with van der Waals surface area (Å²) in [4.78, 5) is 75.7. The normalized spacial score (nSPS) is 23.7. The molecule has 9 rings (SSSR count). The first-order chi connectivity index (χ1) is 32.9. The molecule has 1 spiro atoms. The number of halogens is 8. The highest BCUT2D eigenvalue weighted by atomic mass is 35.5. The summed E-state index contributed by atoms with van der Waals surface area (Å²) in [5.74, 6) is -6.27. The van der Waals surface area contributed by atoms with E-state index in [4.69, 9.17) is 17.3 Å². The molecule has 370 valence electrons. The van der Waals surface area contributed by atoms with Gasteiger partial charge in [-0.2, -0.15) is 13.2 Å².